The van der Waals surface area contributed by atoms with E-state index in [4.69, 9.17) is 7.85 Å². The molecule has 0 aromatic rings. The van der Waals surface area contributed by atoms with Crippen molar-refractivity contribution in [3.63, 3.8) is 0 Å². The predicted octanol–water partition coefficient (Wildman–Crippen LogP) is 4.15. The van der Waals surface area contributed by atoms with Gasteiger partial charge in [-0.15, -0.1) is 0 Å². The van der Waals surface area contributed by atoms with Crippen LogP contribution in [0.15, 0.2) is 22.3 Å². The van der Waals surface area contributed by atoms with E-state index in [2.05, 4.69) is 41.5 Å². The first-order chi connectivity index (χ1) is 7.37. The minimum Gasteiger partial charge on any atom is -0.0676 e. The fourth-order valence-electron chi connectivity index (χ4n) is 3.88. The second kappa shape index (κ2) is 3.79. The maximum absolute atomic E-state index is 6.43. The van der Waals surface area contributed by atoms with Gasteiger partial charge in [-0.2, -0.15) is 0 Å². The smallest absolute Gasteiger partial charge is 0.0676 e. The van der Waals surface area contributed by atoms with E-state index in [1.54, 1.807) is 5.57 Å². The Bertz CT molecular complexity index is 339. The highest BCUT2D eigenvalue weighted by molar-refractivity contribution is 6.12. The first kappa shape index (κ1) is 12.0. The molecule has 86 valence electrons. The fraction of sp³-hybridized carbons (Fsp3) is 0.733. The zero-order valence-corrected chi connectivity index (χ0v) is 11.5. The molecule has 0 bridgehead atoms. The Kier molecular flexibility index (Phi) is 2.84. The van der Waals surface area contributed by atoms with Gasteiger partial charge in [0.15, 0.2) is 0 Å². The van der Waals surface area contributed by atoms with Crippen LogP contribution in [0.25, 0.3) is 0 Å². The van der Waals surface area contributed by atoms with Crippen molar-refractivity contribution in [2.45, 2.75) is 47.4 Å². The SMILES string of the molecule is [B]C1C(C)C(C)C2C(C)=C(C)C(C)=C(C)C12. The lowest BCUT2D eigenvalue weighted by Crippen LogP contribution is -2.23. The van der Waals surface area contributed by atoms with Gasteiger partial charge < -0.3 is 0 Å². The molecule has 2 rings (SSSR count). The first-order valence-corrected chi connectivity index (χ1v) is 6.48. The van der Waals surface area contributed by atoms with Gasteiger partial charge in [-0.1, -0.05) is 30.8 Å². The summed E-state index contributed by atoms with van der Waals surface area (Å²) in [6.07, 6.45) is 0. The molecule has 0 amide bonds. The van der Waals surface area contributed by atoms with Gasteiger partial charge in [0.05, 0.1) is 7.85 Å². The van der Waals surface area contributed by atoms with Gasteiger partial charge in [-0.05, 0) is 62.5 Å². The van der Waals surface area contributed by atoms with Crippen LogP contribution >= 0.6 is 0 Å². The number of rotatable bonds is 0. The highest BCUT2D eigenvalue weighted by Crippen LogP contribution is 2.57. The van der Waals surface area contributed by atoms with E-state index in [1.807, 2.05) is 0 Å². The summed E-state index contributed by atoms with van der Waals surface area (Å²) in [5.74, 6) is 2.98. The van der Waals surface area contributed by atoms with Gasteiger partial charge in [-0.25, -0.2) is 0 Å². The van der Waals surface area contributed by atoms with Gasteiger partial charge in [0, 0.05) is 0 Å². The van der Waals surface area contributed by atoms with Crippen LogP contribution in [0.5, 0.6) is 0 Å². The van der Waals surface area contributed by atoms with E-state index in [9.17, 15) is 0 Å². The average Bonchev–Trinajstić information content (AvgIpc) is 2.48. The molecule has 2 radical (unpaired) electrons. The van der Waals surface area contributed by atoms with Gasteiger partial charge >= 0.3 is 0 Å². The molecule has 0 aromatic carbocycles. The van der Waals surface area contributed by atoms with Crippen molar-refractivity contribution in [2.24, 2.45) is 23.7 Å². The third kappa shape index (κ3) is 1.36. The zero-order valence-electron chi connectivity index (χ0n) is 11.5. The van der Waals surface area contributed by atoms with Crippen LogP contribution < -0.4 is 0 Å². The largest absolute Gasteiger partial charge is 0.0711 e. The lowest BCUT2D eigenvalue weighted by atomic mass is 9.66. The lowest BCUT2D eigenvalue weighted by Gasteiger charge is -2.34. The van der Waals surface area contributed by atoms with Crippen molar-refractivity contribution >= 4 is 7.85 Å². The monoisotopic (exact) mass is 214 g/mol. The molecule has 0 saturated heterocycles. The van der Waals surface area contributed by atoms with Crippen molar-refractivity contribution in [2.75, 3.05) is 0 Å². The van der Waals surface area contributed by atoms with E-state index in [1.165, 1.54) is 16.7 Å². The first-order valence-electron chi connectivity index (χ1n) is 6.48. The van der Waals surface area contributed by atoms with Gasteiger partial charge in [-0.3, -0.25) is 0 Å². The van der Waals surface area contributed by atoms with Gasteiger partial charge in [0.1, 0.15) is 0 Å². The minimum absolute atomic E-state index is 0.345. The van der Waals surface area contributed by atoms with Crippen LogP contribution in [0, 0.1) is 23.7 Å². The predicted molar refractivity (Wildman–Crippen MR) is 71.6 cm³/mol. The molecular formula is C15H23B. The molecule has 16 heavy (non-hydrogen) atoms. The molecule has 1 fully saturated rings. The topological polar surface area (TPSA) is 0 Å². The minimum atomic E-state index is 0.345. The van der Waals surface area contributed by atoms with Crippen molar-refractivity contribution in [1.29, 1.82) is 0 Å². The Morgan fingerprint density at radius 3 is 1.69 bits per heavy atom. The molecule has 0 nitrogen and oxygen atoms in total. The van der Waals surface area contributed by atoms with E-state index in [-0.39, 0.29) is 0 Å². The quantitative estimate of drug-likeness (QED) is 0.531. The summed E-state index contributed by atoms with van der Waals surface area (Å²) in [7, 11) is 6.43. The molecule has 0 N–H and O–H groups in total. The standard InChI is InChI=1S/C15H23B/c1-7-8(2)10(4)14-13(9(7)3)11(5)12(6)15(14)16/h11-15H,1-6H3. The van der Waals surface area contributed by atoms with Gasteiger partial charge in [0.2, 0.25) is 0 Å². The Balaban J connectivity index is 2.54. The number of hydrogen-bond donors (Lipinski definition) is 0. The molecule has 2 aliphatic rings. The summed E-state index contributed by atoms with van der Waals surface area (Å²) in [6, 6.07) is 0. The van der Waals surface area contributed by atoms with Crippen LogP contribution in [0.4, 0.5) is 0 Å². The molecule has 0 spiro atoms. The Morgan fingerprint density at radius 1 is 0.750 bits per heavy atom. The summed E-state index contributed by atoms with van der Waals surface area (Å²) < 4.78 is 0. The number of fused-ring (bicyclic) bond motifs is 1. The van der Waals surface area contributed by atoms with Crippen molar-refractivity contribution in [3.8, 4) is 0 Å². The molecule has 0 aliphatic heterocycles. The van der Waals surface area contributed by atoms with Crippen molar-refractivity contribution in [1.82, 2.24) is 0 Å². The van der Waals surface area contributed by atoms with E-state index in [0.717, 1.165) is 5.92 Å². The van der Waals surface area contributed by atoms with Crippen LogP contribution in [0.2, 0.25) is 5.82 Å². The van der Waals surface area contributed by atoms with Crippen molar-refractivity contribution < 1.29 is 0 Å². The molecule has 0 heterocycles. The maximum Gasteiger partial charge on any atom is 0.0711 e. The molecule has 1 heteroatoms. The third-order valence-corrected chi connectivity index (χ3v) is 5.55. The molecule has 2 aliphatic carbocycles. The normalized spacial score (nSPS) is 44.0. The zero-order chi connectivity index (χ0) is 12.2. The second-order valence-corrected chi connectivity index (χ2v) is 5.96. The highest BCUT2D eigenvalue weighted by Gasteiger charge is 2.46. The van der Waals surface area contributed by atoms with Crippen LogP contribution in [-0.2, 0) is 0 Å². The van der Waals surface area contributed by atoms with Crippen molar-refractivity contribution in [3.05, 3.63) is 22.3 Å². The lowest BCUT2D eigenvalue weighted by molar-refractivity contribution is 0.371. The number of hydrogen-bond acceptors (Lipinski definition) is 0. The Labute approximate surface area is 102 Å². The molecular weight excluding hydrogens is 191 g/mol. The summed E-state index contributed by atoms with van der Waals surface area (Å²) in [5.41, 5.74) is 6.11. The Morgan fingerprint density at radius 2 is 1.19 bits per heavy atom. The molecule has 0 aromatic heterocycles. The highest BCUT2D eigenvalue weighted by atomic mass is 14.5. The average molecular weight is 214 g/mol. The Hall–Kier alpha value is -0.455. The third-order valence-electron chi connectivity index (χ3n) is 5.55. The van der Waals surface area contributed by atoms with Crippen LogP contribution in [-0.4, -0.2) is 7.85 Å². The summed E-state index contributed by atoms with van der Waals surface area (Å²) in [4.78, 5) is 0. The summed E-state index contributed by atoms with van der Waals surface area (Å²) >= 11 is 0. The van der Waals surface area contributed by atoms with Gasteiger partial charge in [0.25, 0.3) is 0 Å². The maximum atomic E-state index is 6.43. The van der Waals surface area contributed by atoms with E-state index >= 15 is 0 Å². The van der Waals surface area contributed by atoms with Crippen LogP contribution in [0.1, 0.15) is 41.5 Å². The summed E-state index contributed by atoms with van der Waals surface area (Å²) in [5, 5.41) is 0. The molecule has 5 unspecified atom stereocenters. The van der Waals surface area contributed by atoms with Crippen LogP contribution in [0.3, 0.4) is 0 Å². The fourth-order valence-corrected chi connectivity index (χ4v) is 3.88. The molecule has 5 atom stereocenters. The second-order valence-electron chi connectivity index (χ2n) is 5.96. The summed E-state index contributed by atoms with van der Waals surface area (Å²) in [6.45, 7) is 13.8. The van der Waals surface area contributed by atoms with E-state index in [0.29, 0.717) is 23.6 Å². The molecule has 1 saturated carbocycles. The van der Waals surface area contributed by atoms with E-state index < -0.39 is 0 Å². The number of allylic oxidation sites excluding steroid dienone is 4.